The van der Waals surface area contributed by atoms with Crippen LogP contribution in [0.15, 0.2) is 12.7 Å². The summed E-state index contributed by atoms with van der Waals surface area (Å²) in [5.74, 6) is 0.572. The number of carbonyl (C=O) groups is 1. The van der Waals surface area contributed by atoms with E-state index in [9.17, 15) is 4.79 Å². The number of carbonyl (C=O) groups excluding carboxylic acids is 1. The van der Waals surface area contributed by atoms with Crippen molar-refractivity contribution in [1.29, 1.82) is 0 Å². The van der Waals surface area contributed by atoms with Gasteiger partial charge in [0.25, 0.3) is 0 Å². The van der Waals surface area contributed by atoms with Gasteiger partial charge in [-0.25, -0.2) is 0 Å². The van der Waals surface area contributed by atoms with Crippen LogP contribution < -0.4 is 0 Å². The largest absolute Gasteiger partial charge is 0.317 e. The second-order valence-corrected chi connectivity index (χ2v) is 3.68. The van der Waals surface area contributed by atoms with E-state index in [0.717, 1.165) is 19.3 Å². The monoisotopic (exact) mass is 179 g/mol. The van der Waals surface area contributed by atoms with E-state index in [-0.39, 0.29) is 5.92 Å². The summed E-state index contributed by atoms with van der Waals surface area (Å²) < 4.78 is 2.00. The Morgan fingerprint density at radius 1 is 1.38 bits per heavy atom. The summed E-state index contributed by atoms with van der Waals surface area (Å²) in [5, 5.41) is 7.53. The lowest BCUT2D eigenvalue weighted by atomic mass is 10.0. The summed E-state index contributed by atoms with van der Waals surface area (Å²) in [6.45, 7) is 1.68. The predicted octanol–water partition coefficient (Wildman–Crippen LogP) is 1.21. The molecule has 1 heterocycles. The molecule has 0 N–H and O–H groups in total. The zero-order chi connectivity index (χ0) is 9.26. The maximum Gasteiger partial charge on any atom is 0.132 e. The van der Waals surface area contributed by atoms with Gasteiger partial charge in [-0.2, -0.15) is 0 Å². The van der Waals surface area contributed by atoms with Gasteiger partial charge < -0.3 is 4.57 Å². The maximum absolute atomic E-state index is 11.1. The zero-order valence-corrected chi connectivity index (χ0v) is 7.68. The first-order valence-corrected chi connectivity index (χ1v) is 4.62. The summed E-state index contributed by atoms with van der Waals surface area (Å²) >= 11 is 0. The van der Waals surface area contributed by atoms with Crippen LogP contribution in [-0.2, 0) is 4.79 Å². The molecule has 1 aliphatic carbocycles. The second kappa shape index (κ2) is 3.28. The Morgan fingerprint density at radius 3 is 2.62 bits per heavy atom. The molecule has 0 amide bonds. The molecule has 0 aromatic carbocycles. The predicted molar refractivity (Wildman–Crippen MR) is 47.1 cm³/mol. The SMILES string of the molecule is CC(=O)C1CCC(n2cnnc2)C1. The standard InChI is InChI=1S/C9H13N3O/c1-7(13)8-2-3-9(4-8)12-5-10-11-6-12/h5-6,8-9H,2-4H2,1H3. The molecule has 2 unspecified atom stereocenters. The number of aromatic nitrogens is 3. The van der Waals surface area contributed by atoms with Crippen LogP contribution in [0.2, 0.25) is 0 Å². The molecule has 1 aromatic rings. The van der Waals surface area contributed by atoms with Crippen LogP contribution in [0.1, 0.15) is 32.2 Å². The average molecular weight is 179 g/mol. The second-order valence-electron chi connectivity index (χ2n) is 3.68. The minimum Gasteiger partial charge on any atom is -0.317 e. The summed E-state index contributed by atoms with van der Waals surface area (Å²) in [7, 11) is 0. The van der Waals surface area contributed by atoms with Crippen molar-refractivity contribution in [1.82, 2.24) is 14.8 Å². The molecule has 0 aliphatic heterocycles. The lowest BCUT2D eigenvalue weighted by Gasteiger charge is -2.09. The van der Waals surface area contributed by atoms with Gasteiger partial charge >= 0.3 is 0 Å². The Bertz CT molecular complexity index is 294. The van der Waals surface area contributed by atoms with Crippen molar-refractivity contribution in [2.75, 3.05) is 0 Å². The van der Waals surface area contributed by atoms with E-state index in [0.29, 0.717) is 11.8 Å². The smallest absolute Gasteiger partial charge is 0.132 e. The summed E-state index contributed by atoms with van der Waals surface area (Å²) in [6.07, 6.45) is 6.49. The fourth-order valence-corrected chi connectivity index (χ4v) is 1.99. The van der Waals surface area contributed by atoms with Gasteiger partial charge in [0.2, 0.25) is 0 Å². The number of hydrogen-bond donors (Lipinski definition) is 0. The van der Waals surface area contributed by atoms with E-state index in [4.69, 9.17) is 0 Å². The highest BCUT2D eigenvalue weighted by molar-refractivity contribution is 5.78. The van der Waals surface area contributed by atoms with E-state index in [1.54, 1.807) is 19.6 Å². The minimum atomic E-state index is 0.257. The number of ketones is 1. The molecule has 0 radical (unpaired) electrons. The molecular weight excluding hydrogens is 166 g/mol. The summed E-state index contributed by atoms with van der Waals surface area (Å²) in [4.78, 5) is 11.1. The van der Waals surface area contributed by atoms with Gasteiger partial charge in [0, 0.05) is 12.0 Å². The van der Waals surface area contributed by atoms with Gasteiger partial charge in [0.15, 0.2) is 0 Å². The molecule has 1 fully saturated rings. The molecule has 1 saturated carbocycles. The highest BCUT2D eigenvalue weighted by atomic mass is 16.1. The zero-order valence-electron chi connectivity index (χ0n) is 7.68. The van der Waals surface area contributed by atoms with Crippen LogP contribution in [0.4, 0.5) is 0 Å². The summed E-state index contributed by atoms with van der Waals surface area (Å²) in [5.41, 5.74) is 0. The lowest BCUT2D eigenvalue weighted by molar-refractivity contribution is -0.120. The van der Waals surface area contributed by atoms with Gasteiger partial charge in [0.05, 0.1) is 0 Å². The van der Waals surface area contributed by atoms with Crippen molar-refractivity contribution in [2.24, 2.45) is 5.92 Å². The Hall–Kier alpha value is -1.19. The highest BCUT2D eigenvalue weighted by Gasteiger charge is 2.28. The van der Waals surface area contributed by atoms with Gasteiger partial charge in [-0.15, -0.1) is 10.2 Å². The highest BCUT2D eigenvalue weighted by Crippen LogP contribution is 2.34. The topological polar surface area (TPSA) is 47.8 Å². The van der Waals surface area contributed by atoms with Crippen LogP contribution >= 0.6 is 0 Å². The van der Waals surface area contributed by atoms with E-state index >= 15 is 0 Å². The van der Waals surface area contributed by atoms with Crippen LogP contribution in [0.25, 0.3) is 0 Å². The third-order valence-corrected chi connectivity index (χ3v) is 2.84. The molecule has 1 aromatic heterocycles. The third-order valence-electron chi connectivity index (χ3n) is 2.84. The molecule has 0 spiro atoms. The van der Waals surface area contributed by atoms with Crippen LogP contribution in [0.5, 0.6) is 0 Å². The van der Waals surface area contributed by atoms with E-state index in [1.165, 1.54) is 0 Å². The Labute approximate surface area is 77.0 Å². The van der Waals surface area contributed by atoms with Gasteiger partial charge in [-0.05, 0) is 26.2 Å². The maximum atomic E-state index is 11.1. The molecule has 4 heteroatoms. The fraction of sp³-hybridized carbons (Fsp3) is 0.667. The fourth-order valence-electron chi connectivity index (χ4n) is 1.99. The van der Waals surface area contributed by atoms with Gasteiger partial charge in [-0.1, -0.05) is 0 Å². The molecule has 70 valence electrons. The van der Waals surface area contributed by atoms with Crippen molar-refractivity contribution in [3.8, 4) is 0 Å². The molecule has 2 rings (SSSR count). The van der Waals surface area contributed by atoms with Crippen LogP contribution in [-0.4, -0.2) is 20.5 Å². The van der Waals surface area contributed by atoms with Crippen molar-refractivity contribution in [3.05, 3.63) is 12.7 Å². The van der Waals surface area contributed by atoms with Crippen LogP contribution in [0.3, 0.4) is 0 Å². The normalized spacial score (nSPS) is 27.8. The van der Waals surface area contributed by atoms with Crippen molar-refractivity contribution in [2.45, 2.75) is 32.2 Å². The Balaban J connectivity index is 2.03. The summed E-state index contributed by atoms with van der Waals surface area (Å²) in [6, 6.07) is 0.434. The van der Waals surface area contributed by atoms with Crippen molar-refractivity contribution in [3.63, 3.8) is 0 Å². The number of nitrogens with zero attached hydrogens (tertiary/aromatic N) is 3. The molecule has 4 nitrogen and oxygen atoms in total. The number of Topliss-reactive ketones (excluding diaryl/α,β-unsaturated/α-hetero) is 1. The molecular formula is C9H13N3O. The van der Waals surface area contributed by atoms with E-state index in [1.807, 2.05) is 4.57 Å². The first-order chi connectivity index (χ1) is 6.27. The lowest BCUT2D eigenvalue weighted by Crippen LogP contribution is -2.08. The Morgan fingerprint density at radius 2 is 2.08 bits per heavy atom. The van der Waals surface area contributed by atoms with E-state index < -0.39 is 0 Å². The van der Waals surface area contributed by atoms with Crippen molar-refractivity contribution >= 4 is 5.78 Å². The van der Waals surface area contributed by atoms with Gasteiger partial charge in [-0.3, -0.25) is 4.79 Å². The average Bonchev–Trinajstić information content (AvgIpc) is 2.75. The van der Waals surface area contributed by atoms with E-state index in [2.05, 4.69) is 10.2 Å². The van der Waals surface area contributed by atoms with Crippen molar-refractivity contribution < 1.29 is 4.79 Å². The third kappa shape index (κ3) is 1.61. The quantitative estimate of drug-likeness (QED) is 0.685. The number of hydrogen-bond acceptors (Lipinski definition) is 3. The van der Waals surface area contributed by atoms with Gasteiger partial charge in [0.1, 0.15) is 18.4 Å². The molecule has 1 aliphatic rings. The first-order valence-electron chi connectivity index (χ1n) is 4.62. The van der Waals surface area contributed by atoms with Crippen LogP contribution in [0, 0.1) is 5.92 Å². The molecule has 2 atom stereocenters. The Kier molecular flexibility index (Phi) is 2.12. The molecule has 0 saturated heterocycles. The molecule has 0 bridgehead atoms. The number of rotatable bonds is 2. The minimum absolute atomic E-state index is 0.257. The first kappa shape index (κ1) is 8.41. The molecule has 13 heavy (non-hydrogen) atoms.